The number of nitrogens with zero attached hydrogens (tertiary/aromatic N) is 1. The molecule has 0 heterocycles. The van der Waals surface area contributed by atoms with Crippen LogP contribution in [-0.4, -0.2) is 87.4 Å². The lowest BCUT2D eigenvalue weighted by Gasteiger charge is -2.25. The fourth-order valence-corrected chi connectivity index (χ4v) is 6.92. The summed E-state index contributed by atoms with van der Waals surface area (Å²) in [5.74, 6) is -2.10. The van der Waals surface area contributed by atoms with Crippen molar-refractivity contribution >= 4 is 17.9 Å². The largest absolute Gasteiger partial charge is 0.477 e. The van der Waals surface area contributed by atoms with E-state index in [9.17, 15) is 19.5 Å². The van der Waals surface area contributed by atoms with Crippen LogP contribution in [0.15, 0.2) is 109 Å². The highest BCUT2D eigenvalue weighted by Gasteiger charge is 2.25. The Morgan fingerprint density at radius 1 is 0.435 bits per heavy atom. The van der Waals surface area contributed by atoms with Crippen LogP contribution in [0.25, 0.3) is 0 Å². The van der Waals surface area contributed by atoms with Gasteiger partial charge in [-0.05, 0) is 89.9 Å². The number of rotatable bonds is 48. The van der Waals surface area contributed by atoms with Crippen molar-refractivity contribution in [3.8, 4) is 0 Å². The van der Waals surface area contributed by atoms with Gasteiger partial charge in [0.1, 0.15) is 13.2 Å². The molecule has 69 heavy (non-hydrogen) atoms. The molecule has 0 saturated heterocycles. The van der Waals surface area contributed by atoms with Crippen LogP contribution in [0.5, 0.6) is 0 Å². The van der Waals surface area contributed by atoms with Crippen LogP contribution in [0, 0.1) is 0 Å². The first-order valence-corrected chi connectivity index (χ1v) is 27.1. The standard InChI is InChI=1S/C60H99NO8/c1-6-8-10-12-14-16-18-20-22-24-25-26-27-28-29-30-31-32-33-35-36-38-40-42-44-46-48-50-57(62)67-54-56(55-68-60(59(64)65)66-53-52-61(3,4)5)69-58(63)51-49-47-45-43-41-39-37-34-23-21-19-17-15-13-11-9-7-2/h8-11,14-17,20-23,25-26,37,39,43,45,56,60H,6-7,12-13,18-19,24,27-36,38,40-42,44,46-55H2,1-5H3/p+1/b10-8-,11-9-,16-14-,17-15-,22-20-,23-21-,26-25-,39-37-,45-43-. The minimum absolute atomic E-state index is 0.172. The molecule has 2 atom stereocenters. The smallest absolute Gasteiger partial charge is 0.361 e. The molecule has 0 aliphatic carbocycles. The third kappa shape index (κ3) is 51.6. The van der Waals surface area contributed by atoms with E-state index in [0.29, 0.717) is 17.4 Å². The number of unbranched alkanes of at least 4 members (excludes halogenated alkanes) is 15. The number of carboxylic acid groups (broad SMARTS) is 1. The Hall–Kier alpha value is -4.05. The highest BCUT2D eigenvalue weighted by molar-refractivity contribution is 5.71. The molecule has 0 aliphatic heterocycles. The van der Waals surface area contributed by atoms with E-state index in [2.05, 4.69) is 123 Å². The zero-order chi connectivity index (χ0) is 50.6. The molecule has 0 saturated carbocycles. The number of ether oxygens (including phenoxy) is 4. The lowest BCUT2D eigenvalue weighted by atomic mass is 10.0. The summed E-state index contributed by atoms with van der Waals surface area (Å²) in [4.78, 5) is 37.3. The number of aliphatic carboxylic acids is 1. The maximum Gasteiger partial charge on any atom is 0.361 e. The third-order valence-electron chi connectivity index (χ3n) is 11.0. The van der Waals surface area contributed by atoms with E-state index in [4.69, 9.17) is 18.9 Å². The van der Waals surface area contributed by atoms with E-state index in [1.54, 1.807) is 0 Å². The van der Waals surface area contributed by atoms with Crippen molar-refractivity contribution in [2.75, 3.05) is 47.5 Å². The Morgan fingerprint density at radius 3 is 1.20 bits per heavy atom. The summed E-state index contributed by atoms with van der Waals surface area (Å²) in [6.45, 7) is 4.57. The van der Waals surface area contributed by atoms with E-state index < -0.39 is 24.3 Å². The highest BCUT2D eigenvalue weighted by Crippen LogP contribution is 2.15. The lowest BCUT2D eigenvalue weighted by Crippen LogP contribution is -2.40. The van der Waals surface area contributed by atoms with E-state index in [-0.39, 0.29) is 38.6 Å². The third-order valence-corrected chi connectivity index (χ3v) is 11.0. The molecule has 0 radical (unpaired) electrons. The molecule has 0 aromatic carbocycles. The summed E-state index contributed by atoms with van der Waals surface area (Å²) in [5, 5.41) is 9.68. The Labute approximate surface area is 422 Å². The topological polar surface area (TPSA) is 108 Å². The van der Waals surface area contributed by atoms with Crippen LogP contribution < -0.4 is 0 Å². The van der Waals surface area contributed by atoms with Crippen LogP contribution in [-0.2, 0) is 33.3 Å². The molecule has 2 unspecified atom stereocenters. The lowest BCUT2D eigenvalue weighted by molar-refractivity contribution is -0.870. The number of carbonyl (C=O) groups excluding carboxylic acids is 2. The first kappa shape index (κ1) is 65.0. The fourth-order valence-electron chi connectivity index (χ4n) is 6.92. The molecule has 0 spiro atoms. The van der Waals surface area contributed by atoms with Gasteiger partial charge in [-0.1, -0.05) is 200 Å². The number of likely N-dealkylation sites (N-methyl/N-ethyl adjacent to an activating group) is 1. The number of carboxylic acids is 1. The molecule has 1 N–H and O–H groups in total. The minimum Gasteiger partial charge on any atom is -0.477 e. The van der Waals surface area contributed by atoms with E-state index >= 15 is 0 Å². The molecule has 0 aliphatic rings. The number of esters is 2. The van der Waals surface area contributed by atoms with Crippen molar-refractivity contribution in [3.63, 3.8) is 0 Å². The molecular formula is C60H100NO8+. The van der Waals surface area contributed by atoms with Gasteiger partial charge in [0.25, 0.3) is 6.29 Å². The summed E-state index contributed by atoms with van der Waals surface area (Å²) >= 11 is 0. The second kappa shape index (κ2) is 50.3. The van der Waals surface area contributed by atoms with Gasteiger partial charge in [-0.2, -0.15) is 0 Å². The van der Waals surface area contributed by atoms with E-state index in [1.807, 2.05) is 21.1 Å². The Balaban J connectivity index is 4.31. The number of allylic oxidation sites excluding steroid dienone is 18. The van der Waals surface area contributed by atoms with Crippen molar-refractivity contribution < 1.29 is 42.9 Å². The van der Waals surface area contributed by atoms with Crippen molar-refractivity contribution in [3.05, 3.63) is 109 Å². The first-order chi connectivity index (χ1) is 33.6. The van der Waals surface area contributed by atoms with Gasteiger partial charge in [-0.15, -0.1) is 0 Å². The Kier molecular flexibility index (Phi) is 47.4. The van der Waals surface area contributed by atoms with Crippen LogP contribution in [0.3, 0.4) is 0 Å². The summed E-state index contributed by atoms with van der Waals surface area (Å²) in [6.07, 6.45) is 66.0. The SMILES string of the molecule is CC/C=C\C/C=C\C/C=C\C/C=C\C/C=C\CCCC(=O)OC(COC(=O)CCCCCCCCCCCCCCCC/C=C\C/C=C\C/C=C\C/C=C\CC)COC(OCC[N+](C)(C)C)C(=O)O. The van der Waals surface area contributed by atoms with Gasteiger partial charge in [-0.3, -0.25) is 9.59 Å². The minimum atomic E-state index is -1.53. The molecule has 0 bridgehead atoms. The van der Waals surface area contributed by atoms with Gasteiger partial charge in [-0.25, -0.2) is 4.79 Å². The average molecular weight is 963 g/mol. The summed E-state index contributed by atoms with van der Waals surface area (Å²) in [7, 11) is 5.94. The van der Waals surface area contributed by atoms with Crippen molar-refractivity contribution in [1.29, 1.82) is 0 Å². The number of hydrogen-bond acceptors (Lipinski definition) is 7. The van der Waals surface area contributed by atoms with Gasteiger partial charge in [0.05, 0.1) is 34.4 Å². The summed E-state index contributed by atoms with van der Waals surface area (Å²) in [6, 6.07) is 0. The van der Waals surface area contributed by atoms with Gasteiger partial charge >= 0.3 is 17.9 Å². The van der Waals surface area contributed by atoms with Crippen LogP contribution in [0.4, 0.5) is 0 Å². The van der Waals surface area contributed by atoms with Gasteiger partial charge in [0, 0.05) is 12.8 Å². The Bertz CT molecular complexity index is 1490. The van der Waals surface area contributed by atoms with Gasteiger partial charge in [0.15, 0.2) is 6.10 Å². The van der Waals surface area contributed by atoms with Crippen LogP contribution in [0.2, 0.25) is 0 Å². The van der Waals surface area contributed by atoms with Crippen molar-refractivity contribution in [1.82, 2.24) is 0 Å². The second-order valence-electron chi connectivity index (χ2n) is 18.8. The molecular weight excluding hydrogens is 863 g/mol. The van der Waals surface area contributed by atoms with E-state index in [0.717, 1.165) is 83.5 Å². The molecule has 0 aromatic heterocycles. The van der Waals surface area contributed by atoms with Crippen LogP contribution in [0.1, 0.15) is 194 Å². The molecule has 0 fully saturated rings. The van der Waals surface area contributed by atoms with Gasteiger partial charge < -0.3 is 28.5 Å². The van der Waals surface area contributed by atoms with Gasteiger partial charge in [0.2, 0.25) is 0 Å². The number of quaternary nitrogens is 1. The van der Waals surface area contributed by atoms with E-state index in [1.165, 1.54) is 77.0 Å². The van der Waals surface area contributed by atoms with Crippen molar-refractivity contribution in [2.24, 2.45) is 0 Å². The zero-order valence-electron chi connectivity index (χ0n) is 44.4. The Morgan fingerprint density at radius 2 is 0.797 bits per heavy atom. The second-order valence-corrected chi connectivity index (χ2v) is 18.8. The molecule has 0 amide bonds. The predicted octanol–water partition coefficient (Wildman–Crippen LogP) is 15.6. The van der Waals surface area contributed by atoms with Crippen molar-refractivity contribution in [2.45, 2.75) is 206 Å². The summed E-state index contributed by atoms with van der Waals surface area (Å²) < 4.78 is 22.8. The monoisotopic (exact) mass is 963 g/mol. The number of carbonyl (C=O) groups is 3. The molecule has 9 heteroatoms. The number of hydrogen-bond donors (Lipinski definition) is 1. The summed E-state index contributed by atoms with van der Waals surface area (Å²) in [5.41, 5.74) is 0. The van der Waals surface area contributed by atoms with Crippen LogP contribution >= 0.6 is 0 Å². The zero-order valence-corrected chi connectivity index (χ0v) is 44.4. The first-order valence-electron chi connectivity index (χ1n) is 27.1. The average Bonchev–Trinajstić information content (AvgIpc) is 3.31. The highest BCUT2D eigenvalue weighted by atomic mass is 16.7. The molecule has 0 aromatic rings. The molecule has 392 valence electrons. The maximum absolute atomic E-state index is 12.8. The molecule has 9 nitrogen and oxygen atoms in total. The predicted molar refractivity (Wildman–Crippen MR) is 290 cm³/mol. The fraction of sp³-hybridized carbons (Fsp3) is 0.650. The normalized spacial score (nSPS) is 13.7. The molecule has 0 rings (SSSR count). The quantitative estimate of drug-likeness (QED) is 0.0211. The maximum atomic E-state index is 12.8.